The van der Waals surface area contributed by atoms with E-state index in [-0.39, 0.29) is 0 Å². The molecule has 0 aromatic rings. The molecule has 0 saturated heterocycles. The maximum atomic E-state index is 9.07. The molecule has 0 spiro atoms. The highest BCUT2D eigenvalue weighted by Gasteiger charge is 2.12. The third-order valence-corrected chi connectivity index (χ3v) is 1.30. The Kier molecular flexibility index (Phi) is 2.30. The molecule has 1 radical (unpaired) electrons. The quantitative estimate of drug-likeness (QED) is 0.557. The summed E-state index contributed by atoms with van der Waals surface area (Å²) in [6, 6.07) is 0. The van der Waals surface area contributed by atoms with Crippen LogP contribution in [0.1, 0.15) is 26.7 Å². The van der Waals surface area contributed by atoms with Gasteiger partial charge < -0.3 is 5.11 Å². The summed E-state index contributed by atoms with van der Waals surface area (Å²) in [5.41, 5.74) is -0.528. The number of aliphatic hydroxyl groups is 1. The van der Waals surface area contributed by atoms with Gasteiger partial charge in [0, 0.05) is 0 Å². The van der Waals surface area contributed by atoms with Crippen LogP contribution in [-0.2, 0) is 0 Å². The van der Waals surface area contributed by atoms with Crippen LogP contribution in [0.25, 0.3) is 0 Å². The van der Waals surface area contributed by atoms with Crippen molar-refractivity contribution in [2.24, 2.45) is 0 Å². The van der Waals surface area contributed by atoms with E-state index in [1.165, 1.54) is 0 Å². The van der Waals surface area contributed by atoms with E-state index in [1.54, 1.807) is 6.92 Å². The molecular weight excluding hydrogens is 88.1 g/mol. The first-order valence-electron chi connectivity index (χ1n) is 2.64. The van der Waals surface area contributed by atoms with E-state index >= 15 is 0 Å². The Bertz CT molecular complexity index is 42.1. The maximum absolute atomic E-state index is 9.07. The lowest BCUT2D eigenvalue weighted by molar-refractivity contribution is 0.0585. The highest BCUT2D eigenvalue weighted by molar-refractivity contribution is 4.69. The average molecular weight is 101 g/mol. The van der Waals surface area contributed by atoms with Gasteiger partial charge in [-0.25, -0.2) is 0 Å². The monoisotopic (exact) mass is 101 g/mol. The molecule has 0 fully saturated rings. The van der Waals surface area contributed by atoms with Gasteiger partial charge in [0.25, 0.3) is 0 Å². The summed E-state index contributed by atoms with van der Waals surface area (Å²) >= 11 is 0. The van der Waals surface area contributed by atoms with Crippen molar-refractivity contribution >= 4 is 0 Å². The molecule has 0 aliphatic rings. The molecule has 0 saturated carbocycles. The SMILES string of the molecule is [CH2]CC(C)(O)CC. The van der Waals surface area contributed by atoms with E-state index in [2.05, 4.69) is 6.92 Å². The number of hydrogen-bond acceptors (Lipinski definition) is 1. The van der Waals surface area contributed by atoms with E-state index in [9.17, 15) is 0 Å². The minimum Gasteiger partial charge on any atom is -0.390 e. The van der Waals surface area contributed by atoms with Crippen LogP contribution in [-0.4, -0.2) is 10.7 Å². The smallest absolute Gasteiger partial charge is 0.0617 e. The van der Waals surface area contributed by atoms with Gasteiger partial charge in [0.15, 0.2) is 0 Å². The molecule has 1 unspecified atom stereocenters. The first-order valence-corrected chi connectivity index (χ1v) is 2.64. The molecule has 0 aliphatic carbocycles. The molecule has 43 valence electrons. The Labute approximate surface area is 45.4 Å². The van der Waals surface area contributed by atoms with Crippen LogP contribution in [0.3, 0.4) is 0 Å². The van der Waals surface area contributed by atoms with Crippen LogP contribution in [0.5, 0.6) is 0 Å². The van der Waals surface area contributed by atoms with Crippen molar-refractivity contribution in [1.29, 1.82) is 0 Å². The molecule has 0 amide bonds. The van der Waals surface area contributed by atoms with Crippen molar-refractivity contribution in [2.45, 2.75) is 32.3 Å². The van der Waals surface area contributed by atoms with Gasteiger partial charge >= 0.3 is 0 Å². The van der Waals surface area contributed by atoms with Gasteiger partial charge in [0.1, 0.15) is 0 Å². The molecule has 1 heteroatoms. The fraction of sp³-hybridized carbons (Fsp3) is 0.833. The van der Waals surface area contributed by atoms with Gasteiger partial charge in [-0.1, -0.05) is 13.8 Å². The second-order valence-corrected chi connectivity index (χ2v) is 2.10. The first kappa shape index (κ1) is 6.96. The fourth-order valence-electron chi connectivity index (χ4n) is 0.177. The van der Waals surface area contributed by atoms with E-state index in [4.69, 9.17) is 5.11 Å². The van der Waals surface area contributed by atoms with Crippen LogP contribution in [0, 0.1) is 6.92 Å². The van der Waals surface area contributed by atoms with Gasteiger partial charge in [-0.2, -0.15) is 0 Å². The molecule has 1 N–H and O–H groups in total. The predicted molar refractivity (Wildman–Crippen MR) is 30.9 cm³/mol. The van der Waals surface area contributed by atoms with E-state index in [0.717, 1.165) is 6.42 Å². The molecule has 0 aromatic carbocycles. The van der Waals surface area contributed by atoms with Crippen LogP contribution in [0.4, 0.5) is 0 Å². The molecule has 0 aliphatic heterocycles. The zero-order chi connectivity index (χ0) is 5.91. The number of hydrogen-bond donors (Lipinski definition) is 1. The lowest BCUT2D eigenvalue weighted by Gasteiger charge is -2.17. The van der Waals surface area contributed by atoms with Crippen molar-refractivity contribution in [2.75, 3.05) is 0 Å². The minimum absolute atomic E-state index is 0.528. The Balaban J connectivity index is 3.36. The summed E-state index contributed by atoms with van der Waals surface area (Å²) in [5.74, 6) is 0. The van der Waals surface area contributed by atoms with Gasteiger partial charge in [-0.3, -0.25) is 0 Å². The third-order valence-electron chi connectivity index (χ3n) is 1.30. The summed E-state index contributed by atoms with van der Waals surface area (Å²) in [6.07, 6.45) is 1.39. The Hall–Kier alpha value is -0.0400. The van der Waals surface area contributed by atoms with Crippen LogP contribution >= 0.6 is 0 Å². The molecular formula is C6H13O. The van der Waals surface area contributed by atoms with Gasteiger partial charge in [-0.05, 0) is 19.8 Å². The van der Waals surface area contributed by atoms with Gasteiger partial charge in [0.05, 0.1) is 5.60 Å². The van der Waals surface area contributed by atoms with Crippen LogP contribution in [0.2, 0.25) is 0 Å². The predicted octanol–water partition coefficient (Wildman–Crippen LogP) is 1.37. The molecule has 0 heterocycles. The summed E-state index contributed by atoms with van der Waals surface area (Å²) in [6.45, 7) is 7.32. The topological polar surface area (TPSA) is 20.2 Å². The highest BCUT2D eigenvalue weighted by atomic mass is 16.3. The largest absolute Gasteiger partial charge is 0.390 e. The van der Waals surface area contributed by atoms with Gasteiger partial charge in [0.2, 0.25) is 0 Å². The maximum Gasteiger partial charge on any atom is 0.0617 e. The van der Waals surface area contributed by atoms with Gasteiger partial charge in [-0.15, -0.1) is 0 Å². The van der Waals surface area contributed by atoms with Crippen molar-refractivity contribution in [3.05, 3.63) is 6.92 Å². The van der Waals surface area contributed by atoms with E-state index < -0.39 is 5.60 Å². The molecule has 0 aromatic heterocycles. The summed E-state index contributed by atoms with van der Waals surface area (Å²) in [5, 5.41) is 9.07. The first-order chi connectivity index (χ1) is 3.12. The highest BCUT2D eigenvalue weighted by Crippen LogP contribution is 2.10. The molecule has 1 nitrogen and oxygen atoms in total. The summed E-state index contributed by atoms with van der Waals surface area (Å²) in [4.78, 5) is 0. The zero-order valence-electron chi connectivity index (χ0n) is 5.07. The van der Waals surface area contributed by atoms with E-state index in [1.807, 2.05) is 6.92 Å². The Morgan fingerprint density at radius 2 is 2.14 bits per heavy atom. The lowest BCUT2D eigenvalue weighted by Crippen LogP contribution is -2.20. The normalized spacial score (nSPS) is 12.0. The second kappa shape index (κ2) is 2.31. The fourth-order valence-corrected chi connectivity index (χ4v) is 0.177. The summed E-state index contributed by atoms with van der Waals surface area (Å²) < 4.78 is 0. The number of rotatable bonds is 2. The molecule has 7 heavy (non-hydrogen) atoms. The molecule has 1 atom stereocenters. The van der Waals surface area contributed by atoms with E-state index in [0.29, 0.717) is 6.42 Å². The van der Waals surface area contributed by atoms with Crippen molar-refractivity contribution in [3.63, 3.8) is 0 Å². The minimum atomic E-state index is -0.528. The molecule has 0 rings (SSSR count). The third kappa shape index (κ3) is 2.63. The van der Waals surface area contributed by atoms with Crippen molar-refractivity contribution in [3.8, 4) is 0 Å². The van der Waals surface area contributed by atoms with Crippen LogP contribution in [0.15, 0.2) is 0 Å². The van der Waals surface area contributed by atoms with Crippen molar-refractivity contribution in [1.82, 2.24) is 0 Å². The Morgan fingerprint density at radius 1 is 1.71 bits per heavy atom. The molecule has 0 bridgehead atoms. The lowest BCUT2D eigenvalue weighted by atomic mass is 10.0. The average Bonchev–Trinajstić information content (AvgIpc) is 1.68. The van der Waals surface area contributed by atoms with Crippen LogP contribution < -0.4 is 0 Å². The van der Waals surface area contributed by atoms with Crippen molar-refractivity contribution < 1.29 is 5.11 Å². The zero-order valence-corrected chi connectivity index (χ0v) is 5.07. The Morgan fingerprint density at radius 3 is 2.14 bits per heavy atom. The standard InChI is InChI=1S/C6H13O/c1-4-6(3,7)5-2/h7H,1,4-5H2,2-3H3. The summed E-state index contributed by atoms with van der Waals surface area (Å²) in [7, 11) is 0. The second-order valence-electron chi connectivity index (χ2n) is 2.10.